The fraction of sp³-hybridized carbons (Fsp3) is 0.438. The van der Waals surface area contributed by atoms with Crippen molar-refractivity contribution in [2.24, 2.45) is 0 Å². The number of hydrogen-bond acceptors (Lipinski definition) is 3. The maximum absolute atomic E-state index is 11.1. The number of aromatic hydroxyl groups is 2. The molecular formula is C32H42O3. The second-order valence-corrected chi connectivity index (χ2v) is 12.1. The van der Waals surface area contributed by atoms with Gasteiger partial charge in [0.15, 0.2) is 0 Å². The van der Waals surface area contributed by atoms with Crippen LogP contribution in [0.15, 0.2) is 36.4 Å². The molecule has 0 aliphatic carbocycles. The van der Waals surface area contributed by atoms with Gasteiger partial charge in [-0.15, -0.1) is 0 Å². The first-order valence-electron chi connectivity index (χ1n) is 12.4. The number of methoxy groups -OCH3 is 1. The summed E-state index contributed by atoms with van der Waals surface area (Å²) in [5, 5.41) is 22.3. The van der Waals surface area contributed by atoms with Crippen LogP contribution in [0.25, 0.3) is 0 Å². The van der Waals surface area contributed by atoms with Gasteiger partial charge in [0.05, 0.1) is 7.11 Å². The van der Waals surface area contributed by atoms with E-state index >= 15 is 0 Å². The minimum absolute atomic E-state index is 0.153. The Morgan fingerprint density at radius 3 is 1.20 bits per heavy atom. The first-order valence-corrected chi connectivity index (χ1v) is 12.4. The SMILES string of the molecule is COc1c(Cc2cc(C)cc(C(C)(C)C)c2O)cc(C)cc1Cc1cc(C)cc(C(C)(C)C)c1O. The monoisotopic (exact) mass is 474 g/mol. The minimum atomic E-state index is -0.153. The Morgan fingerprint density at radius 2 is 0.886 bits per heavy atom. The smallest absolute Gasteiger partial charge is 0.125 e. The van der Waals surface area contributed by atoms with E-state index in [-0.39, 0.29) is 10.8 Å². The Labute approximate surface area is 211 Å². The number of phenols is 2. The van der Waals surface area contributed by atoms with Crippen molar-refractivity contribution in [3.8, 4) is 17.2 Å². The highest BCUT2D eigenvalue weighted by Gasteiger charge is 2.24. The van der Waals surface area contributed by atoms with Gasteiger partial charge < -0.3 is 14.9 Å². The molecule has 0 atom stereocenters. The lowest BCUT2D eigenvalue weighted by Gasteiger charge is -2.24. The highest BCUT2D eigenvalue weighted by atomic mass is 16.5. The second-order valence-electron chi connectivity index (χ2n) is 12.1. The lowest BCUT2D eigenvalue weighted by atomic mass is 9.82. The van der Waals surface area contributed by atoms with E-state index in [2.05, 4.69) is 98.7 Å². The fourth-order valence-corrected chi connectivity index (χ4v) is 4.98. The van der Waals surface area contributed by atoms with Crippen molar-refractivity contribution in [3.05, 3.63) is 86.5 Å². The van der Waals surface area contributed by atoms with Crippen molar-refractivity contribution < 1.29 is 14.9 Å². The molecule has 0 saturated heterocycles. The van der Waals surface area contributed by atoms with E-state index in [1.54, 1.807) is 7.11 Å². The molecule has 0 amide bonds. The second kappa shape index (κ2) is 9.60. The predicted octanol–water partition coefficient (Wildman–Crippen LogP) is 7.81. The number of hydrogen-bond donors (Lipinski definition) is 2. The van der Waals surface area contributed by atoms with Crippen molar-refractivity contribution in [1.82, 2.24) is 0 Å². The lowest BCUT2D eigenvalue weighted by molar-refractivity contribution is 0.404. The number of aryl methyl sites for hydroxylation is 3. The molecule has 0 aromatic heterocycles. The topological polar surface area (TPSA) is 49.7 Å². The van der Waals surface area contributed by atoms with Crippen LogP contribution in [0.3, 0.4) is 0 Å². The van der Waals surface area contributed by atoms with Crippen molar-refractivity contribution in [1.29, 1.82) is 0 Å². The van der Waals surface area contributed by atoms with Crippen LogP contribution >= 0.6 is 0 Å². The average Bonchev–Trinajstić information content (AvgIpc) is 2.71. The van der Waals surface area contributed by atoms with Crippen LogP contribution in [-0.4, -0.2) is 17.3 Å². The molecule has 3 rings (SSSR count). The summed E-state index contributed by atoms with van der Waals surface area (Å²) in [7, 11) is 1.70. The highest BCUT2D eigenvalue weighted by Crippen LogP contribution is 2.39. The average molecular weight is 475 g/mol. The van der Waals surface area contributed by atoms with E-state index in [1.807, 2.05) is 0 Å². The molecule has 0 heterocycles. The zero-order valence-electron chi connectivity index (χ0n) is 23.2. The van der Waals surface area contributed by atoms with Gasteiger partial charge >= 0.3 is 0 Å². The summed E-state index contributed by atoms with van der Waals surface area (Å²) >= 11 is 0. The lowest BCUT2D eigenvalue weighted by Crippen LogP contribution is -2.13. The van der Waals surface area contributed by atoms with E-state index in [9.17, 15) is 10.2 Å². The molecule has 3 aromatic carbocycles. The van der Waals surface area contributed by atoms with Crippen LogP contribution in [0.2, 0.25) is 0 Å². The van der Waals surface area contributed by atoms with Crippen LogP contribution in [0.1, 0.15) is 91.6 Å². The number of ether oxygens (including phenoxy) is 1. The van der Waals surface area contributed by atoms with Crippen molar-refractivity contribution in [2.75, 3.05) is 7.11 Å². The van der Waals surface area contributed by atoms with Crippen LogP contribution < -0.4 is 4.74 Å². The molecule has 3 nitrogen and oxygen atoms in total. The van der Waals surface area contributed by atoms with Crippen LogP contribution in [0.4, 0.5) is 0 Å². The molecule has 0 radical (unpaired) electrons. The van der Waals surface area contributed by atoms with E-state index in [4.69, 9.17) is 4.74 Å². The molecule has 0 saturated carbocycles. The summed E-state index contributed by atoms with van der Waals surface area (Å²) in [6.45, 7) is 19.0. The first-order chi connectivity index (χ1) is 16.1. The predicted molar refractivity (Wildman–Crippen MR) is 146 cm³/mol. The zero-order chi connectivity index (χ0) is 26.3. The van der Waals surface area contributed by atoms with Gasteiger partial charge in [-0.3, -0.25) is 0 Å². The van der Waals surface area contributed by atoms with Gasteiger partial charge in [-0.1, -0.05) is 94.6 Å². The van der Waals surface area contributed by atoms with E-state index in [0.717, 1.165) is 55.8 Å². The van der Waals surface area contributed by atoms with Gasteiger partial charge in [-0.2, -0.15) is 0 Å². The summed E-state index contributed by atoms with van der Waals surface area (Å²) < 4.78 is 5.95. The normalized spacial score (nSPS) is 12.2. The molecule has 0 spiro atoms. The van der Waals surface area contributed by atoms with Crippen molar-refractivity contribution >= 4 is 0 Å². The van der Waals surface area contributed by atoms with Crippen LogP contribution in [0.5, 0.6) is 17.2 Å². The van der Waals surface area contributed by atoms with E-state index in [0.29, 0.717) is 24.3 Å². The van der Waals surface area contributed by atoms with Crippen molar-refractivity contribution in [2.45, 2.75) is 86.0 Å². The molecule has 3 heteroatoms. The van der Waals surface area contributed by atoms with Gasteiger partial charge in [0.25, 0.3) is 0 Å². The molecule has 35 heavy (non-hydrogen) atoms. The molecule has 0 aliphatic rings. The van der Waals surface area contributed by atoms with E-state index < -0.39 is 0 Å². The Balaban J connectivity index is 2.11. The Bertz CT molecular complexity index is 1140. The summed E-state index contributed by atoms with van der Waals surface area (Å²) in [4.78, 5) is 0. The third kappa shape index (κ3) is 5.83. The maximum atomic E-state index is 11.1. The van der Waals surface area contributed by atoms with Gasteiger partial charge in [-0.05, 0) is 65.0 Å². The fourth-order valence-electron chi connectivity index (χ4n) is 4.98. The third-order valence-electron chi connectivity index (χ3n) is 6.64. The standard InChI is InChI=1S/C32H42O3/c1-19-13-24(17-22-11-20(2)15-26(28(22)33)31(4,5)6)30(35-10)25(14-19)18-23-12-21(3)16-27(29(23)34)32(7,8)9/h11-16,33-34H,17-18H2,1-10H3. The Kier molecular flexibility index (Phi) is 7.32. The third-order valence-corrected chi connectivity index (χ3v) is 6.64. The molecule has 0 bridgehead atoms. The maximum Gasteiger partial charge on any atom is 0.125 e. The Morgan fingerprint density at radius 1 is 0.571 bits per heavy atom. The molecule has 0 fully saturated rings. The molecule has 0 aliphatic heterocycles. The quantitative estimate of drug-likeness (QED) is 0.396. The first kappa shape index (κ1) is 26.7. The van der Waals surface area contributed by atoms with Gasteiger partial charge in [0, 0.05) is 12.8 Å². The van der Waals surface area contributed by atoms with Gasteiger partial charge in [-0.25, -0.2) is 0 Å². The minimum Gasteiger partial charge on any atom is -0.507 e. The number of phenolic OH excluding ortho intramolecular Hbond substituents is 2. The van der Waals surface area contributed by atoms with Crippen LogP contribution in [-0.2, 0) is 23.7 Å². The summed E-state index contributed by atoms with van der Waals surface area (Å²) in [5.74, 6) is 1.53. The van der Waals surface area contributed by atoms with Crippen molar-refractivity contribution in [3.63, 3.8) is 0 Å². The summed E-state index contributed by atoms with van der Waals surface area (Å²) in [6, 6.07) is 12.5. The summed E-state index contributed by atoms with van der Waals surface area (Å²) in [5.41, 5.74) is 8.87. The highest BCUT2D eigenvalue weighted by molar-refractivity contribution is 5.55. The molecule has 3 aromatic rings. The summed E-state index contributed by atoms with van der Waals surface area (Å²) in [6.07, 6.45) is 1.14. The van der Waals surface area contributed by atoms with E-state index in [1.165, 1.54) is 0 Å². The largest absolute Gasteiger partial charge is 0.507 e. The molecule has 188 valence electrons. The number of rotatable bonds is 5. The van der Waals surface area contributed by atoms with Crippen LogP contribution in [0, 0.1) is 20.8 Å². The molecule has 2 N–H and O–H groups in total. The Hall–Kier alpha value is -2.94. The molecular weight excluding hydrogens is 432 g/mol. The number of benzene rings is 3. The van der Waals surface area contributed by atoms with Gasteiger partial charge in [0.2, 0.25) is 0 Å². The molecule has 0 unspecified atom stereocenters. The zero-order valence-corrected chi connectivity index (χ0v) is 23.2. The van der Waals surface area contributed by atoms with Gasteiger partial charge in [0.1, 0.15) is 17.2 Å².